The van der Waals surface area contributed by atoms with Crippen LogP contribution in [-0.4, -0.2) is 36.3 Å². The molecule has 1 saturated heterocycles. The maximum atomic E-state index is 11.7. The van der Waals surface area contributed by atoms with Crippen molar-refractivity contribution in [2.45, 2.75) is 0 Å². The van der Waals surface area contributed by atoms with Crippen LogP contribution >= 0.6 is 0 Å². The lowest BCUT2D eigenvalue weighted by atomic mass is 10.2. The van der Waals surface area contributed by atoms with Gasteiger partial charge in [-0.05, 0) is 6.07 Å². The Bertz CT molecular complexity index is 588. The van der Waals surface area contributed by atoms with E-state index in [2.05, 4.69) is 14.9 Å². The number of nitrogens with one attached hydrogen (secondary N) is 1. The first kappa shape index (κ1) is 10.3. The number of anilines is 1. The number of rotatable bonds is 1. The maximum Gasteiger partial charge on any atom is 0.207 e. The molecule has 88 valence electrons. The number of aromatic amines is 1. The fraction of sp³-hybridized carbons (Fsp3) is 0.333. The average Bonchev–Trinajstić information content (AvgIpc) is 2.40. The summed E-state index contributed by atoms with van der Waals surface area (Å²) in [5.74, 6) is 0. The van der Waals surface area contributed by atoms with Gasteiger partial charge in [-0.3, -0.25) is 9.78 Å². The van der Waals surface area contributed by atoms with Gasteiger partial charge in [0.05, 0.1) is 24.4 Å². The van der Waals surface area contributed by atoms with Crippen LogP contribution in [0.2, 0.25) is 0 Å². The van der Waals surface area contributed by atoms with Crippen molar-refractivity contribution in [3.63, 3.8) is 0 Å². The molecule has 5 heteroatoms. The fourth-order valence-electron chi connectivity index (χ4n) is 2.13. The summed E-state index contributed by atoms with van der Waals surface area (Å²) in [6.45, 7) is 3.13. The number of H-pyrrole nitrogens is 1. The number of pyridine rings is 2. The lowest BCUT2D eigenvalue weighted by Crippen LogP contribution is -2.36. The molecule has 0 bridgehead atoms. The predicted octanol–water partition coefficient (Wildman–Crippen LogP) is 0.760. The molecule has 1 N–H and O–H groups in total. The van der Waals surface area contributed by atoms with Crippen LogP contribution in [0.3, 0.4) is 0 Å². The molecular formula is C12H13N3O2. The van der Waals surface area contributed by atoms with Crippen LogP contribution in [0.4, 0.5) is 5.69 Å². The molecule has 2 aromatic heterocycles. The number of hydrogen-bond donors (Lipinski definition) is 1. The molecule has 0 aromatic carbocycles. The molecule has 1 aliphatic heterocycles. The number of aromatic nitrogens is 2. The molecular weight excluding hydrogens is 218 g/mol. The van der Waals surface area contributed by atoms with Gasteiger partial charge in [-0.2, -0.15) is 0 Å². The standard InChI is InChI=1S/C12H13N3O2/c16-10-2-4-13-11-9(1-3-14-12(10)11)15-5-7-17-8-6-15/h1-4H,5-8H2,(H,13,16). The summed E-state index contributed by atoms with van der Waals surface area (Å²) in [7, 11) is 0. The zero-order valence-electron chi connectivity index (χ0n) is 9.35. The van der Waals surface area contributed by atoms with Crippen molar-refractivity contribution in [3.8, 4) is 0 Å². The molecule has 17 heavy (non-hydrogen) atoms. The van der Waals surface area contributed by atoms with Gasteiger partial charge in [0.2, 0.25) is 5.43 Å². The minimum absolute atomic E-state index is 0.0474. The lowest BCUT2D eigenvalue weighted by molar-refractivity contribution is 0.123. The van der Waals surface area contributed by atoms with Gasteiger partial charge in [-0.15, -0.1) is 0 Å². The molecule has 0 saturated carbocycles. The van der Waals surface area contributed by atoms with E-state index in [1.807, 2.05) is 6.07 Å². The molecule has 0 radical (unpaired) electrons. The predicted molar refractivity (Wildman–Crippen MR) is 65.4 cm³/mol. The van der Waals surface area contributed by atoms with E-state index in [0.717, 1.165) is 37.5 Å². The first-order valence-corrected chi connectivity index (χ1v) is 5.65. The smallest absolute Gasteiger partial charge is 0.207 e. The molecule has 5 nitrogen and oxygen atoms in total. The molecule has 0 aliphatic carbocycles. The van der Waals surface area contributed by atoms with Crippen LogP contribution in [-0.2, 0) is 4.74 Å². The van der Waals surface area contributed by atoms with Crippen LogP contribution in [0, 0.1) is 0 Å². The van der Waals surface area contributed by atoms with Crippen molar-refractivity contribution in [2.24, 2.45) is 0 Å². The zero-order valence-corrected chi connectivity index (χ0v) is 9.35. The van der Waals surface area contributed by atoms with Gasteiger partial charge in [-0.1, -0.05) is 0 Å². The molecule has 0 amide bonds. The first-order chi connectivity index (χ1) is 8.36. The van der Waals surface area contributed by atoms with Crippen LogP contribution in [0.1, 0.15) is 0 Å². The average molecular weight is 231 g/mol. The fourth-order valence-corrected chi connectivity index (χ4v) is 2.13. The van der Waals surface area contributed by atoms with E-state index in [-0.39, 0.29) is 5.43 Å². The lowest BCUT2D eigenvalue weighted by Gasteiger charge is -2.29. The van der Waals surface area contributed by atoms with E-state index in [0.29, 0.717) is 5.52 Å². The number of fused-ring (bicyclic) bond motifs is 1. The van der Waals surface area contributed by atoms with Gasteiger partial charge in [0, 0.05) is 31.5 Å². The van der Waals surface area contributed by atoms with E-state index in [9.17, 15) is 4.79 Å². The van der Waals surface area contributed by atoms with Gasteiger partial charge in [0.1, 0.15) is 5.52 Å². The highest BCUT2D eigenvalue weighted by Crippen LogP contribution is 2.22. The molecule has 1 fully saturated rings. The largest absolute Gasteiger partial charge is 0.378 e. The normalized spacial score (nSPS) is 16.4. The Balaban J connectivity index is 2.15. The summed E-state index contributed by atoms with van der Waals surface area (Å²) >= 11 is 0. The second kappa shape index (κ2) is 4.18. The van der Waals surface area contributed by atoms with Crippen molar-refractivity contribution < 1.29 is 4.74 Å². The van der Waals surface area contributed by atoms with Crippen molar-refractivity contribution in [1.29, 1.82) is 0 Å². The second-order valence-corrected chi connectivity index (χ2v) is 4.00. The minimum atomic E-state index is -0.0474. The number of nitrogens with zero attached hydrogens (tertiary/aromatic N) is 2. The highest BCUT2D eigenvalue weighted by molar-refractivity contribution is 5.87. The van der Waals surface area contributed by atoms with Gasteiger partial charge >= 0.3 is 0 Å². The van der Waals surface area contributed by atoms with Gasteiger partial charge < -0.3 is 14.6 Å². The number of ether oxygens (including phenoxy) is 1. The molecule has 2 aromatic rings. The third kappa shape index (κ3) is 1.78. The first-order valence-electron chi connectivity index (χ1n) is 5.65. The van der Waals surface area contributed by atoms with E-state index >= 15 is 0 Å². The SMILES string of the molecule is O=c1cc[nH]c2c(N3CCOCC3)ccnc12. The topological polar surface area (TPSA) is 58.2 Å². The van der Waals surface area contributed by atoms with Crippen LogP contribution in [0.15, 0.2) is 29.3 Å². The Morgan fingerprint density at radius 2 is 2.12 bits per heavy atom. The summed E-state index contributed by atoms with van der Waals surface area (Å²) in [4.78, 5) is 21.1. The Morgan fingerprint density at radius 3 is 2.94 bits per heavy atom. The van der Waals surface area contributed by atoms with Gasteiger partial charge in [0.15, 0.2) is 0 Å². The van der Waals surface area contributed by atoms with E-state index < -0.39 is 0 Å². The Kier molecular flexibility index (Phi) is 2.53. The molecule has 0 spiro atoms. The summed E-state index contributed by atoms with van der Waals surface area (Å²) in [5, 5.41) is 0. The van der Waals surface area contributed by atoms with E-state index in [4.69, 9.17) is 4.74 Å². The third-order valence-electron chi connectivity index (χ3n) is 2.98. The monoisotopic (exact) mass is 231 g/mol. The summed E-state index contributed by atoms with van der Waals surface area (Å²) in [6.07, 6.45) is 3.35. The maximum absolute atomic E-state index is 11.7. The highest BCUT2D eigenvalue weighted by Gasteiger charge is 2.14. The Hall–Kier alpha value is -1.88. The van der Waals surface area contributed by atoms with Crippen LogP contribution in [0.5, 0.6) is 0 Å². The van der Waals surface area contributed by atoms with E-state index in [1.54, 1.807) is 12.4 Å². The Morgan fingerprint density at radius 1 is 1.29 bits per heavy atom. The summed E-state index contributed by atoms with van der Waals surface area (Å²) in [6, 6.07) is 3.43. The third-order valence-corrected chi connectivity index (χ3v) is 2.98. The second-order valence-electron chi connectivity index (χ2n) is 4.00. The van der Waals surface area contributed by atoms with Crippen LogP contribution in [0.25, 0.3) is 11.0 Å². The molecule has 0 atom stereocenters. The van der Waals surface area contributed by atoms with Crippen molar-refractivity contribution in [3.05, 3.63) is 34.7 Å². The molecule has 3 rings (SSSR count). The summed E-state index contributed by atoms with van der Waals surface area (Å²) in [5.41, 5.74) is 2.28. The number of morpholine rings is 1. The molecule has 3 heterocycles. The number of hydrogen-bond acceptors (Lipinski definition) is 4. The summed E-state index contributed by atoms with van der Waals surface area (Å²) < 4.78 is 5.33. The van der Waals surface area contributed by atoms with Gasteiger partial charge in [-0.25, -0.2) is 0 Å². The van der Waals surface area contributed by atoms with Gasteiger partial charge in [0.25, 0.3) is 0 Å². The zero-order chi connectivity index (χ0) is 11.7. The highest BCUT2D eigenvalue weighted by atomic mass is 16.5. The van der Waals surface area contributed by atoms with Crippen molar-refractivity contribution in [2.75, 3.05) is 31.2 Å². The van der Waals surface area contributed by atoms with Crippen molar-refractivity contribution >= 4 is 16.7 Å². The molecule has 1 aliphatic rings. The van der Waals surface area contributed by atoms with Crippen molar-refractivity contribution in [1.82, 2.24) is 9.97 Å². The minimum Gasteiger partial charge on any atom is -0.378 e. The quantitative estimate of drug-likeness (QED) is 0.787. The molecule has 0 unspecified atom stereocenters. The van der Waals surface area contributed by atoms with Crippen LogP contribution < -0.4 is 10.3 Å². The Labute approximate surface area is 98.0 Å². The van der Waals surface area contributed by atoms with E-state index in [1.165, 1.54) is 6.07 Å².